The maximum absolute atomic E-state index is 12.5. The number of hydrogen-bond acceptors (Lipinski definition) is 3. The Kier molecular flexibility index (Phi) is 6.44. The summed E-state index contributed by atoms with van der Waals surface area (Å²) in [4.78, 5) is 14.3. The van der Waals surface area contributed by atoms with E-state index in [1.807, 2.05) is 45.0 Å². The molecule has 1 aliphatic heterocycles. The third kappa shape index (κ3) is 5.38. The Morgan fingerprint density at radius 1 is 1.25 bits per heavy atom. The van der Waals surface area contributed by atoms with E-state index in [-0.39, 0.29) is 18.2 Å². The van der Waals surface area contributed by atoms with Crippen LogP contribution in [0.15, 0.2) is 42.5 Å². The van der Waals surface area contributed by atoms with E-state index in [1.165, 1.54) is 0 Å². The van der Waals surface area contributed by atoms with Gasteiger partial charge < -0.3 is 9.47 Å². The fourth-order valence-corrected chi connectivity index (χ4v) is 2.85. The van der Waals surface area contributed by atoms with Crippen molar-refractivity contribution in [2.24, 2.45) is 0 Å². The molecule has 2 atom stereocenters. The number of benzene rings is 1. The molecule has 0 saturated heterocycles. The molecule has 0 saturated carbocycles. The number of carbonyl (C=O) groups excluding carboxylic acids is 1. The van der Waals surface area contributed by atoms with Crippen LogP contribution in [-0.2, 0) is 16.1 Å². The minimum atomic E-state index is -0.491. The standard InChI is InChI=1S/C20H29NO3/c1-5-18(23-15-16-11-7-6-8-12-16)17-13-9-10-14-21(17)19(22)24-20(2,3)4/h6-12,17-18H,5,13-15H2,1-4H3/t17-,18-/m0/s1. The summed E-state index contributed by atoms with van der Waals surface area (Å²) >= 11 is 0. The Morgan fingerprint density at radius 2 is 1.96 bits per heavy atom. The highest BCUT2D eigenvalue weighted by molar-refractivity contribution is 5.69. The third-order valence-electron chi connectivity index (χ3n) is 4.01. The maximum atomic E-state index is 12.5. The zero-order chi connectivity index (χ0) is 17.6. The summed E-state index contributed by atoms with van der Waals surface area (Å²) in [6.07, 6.45) is 5.52. The Hall–Kier alpha value is -1.81. The summed E-state index contributed by atoms with van der Waals surface area (Å²) in [5.74, 6) is 0. The van der Waals surface area contributed by atoms with Gasteiger partial charge >= 0.3 is 6.09 Å². The van der Waals surface area contributed by atoms with Crippen LogP contribution in [0.3, 0.4) is 0 Å². The van der Waals surface area contributed by atoms with Crippen LogP contribution < -0.4 is 0 Å². The summed E-state index contributed by atoms with van der Waals surface area (Å²) in [5.41, 5.74) is 0.654. The van der Waals surface area contributed by atoms with Gasteiger partial charge in [0.05, 0.1) is 18.8 Å². The van der Waals surface area contributed by atoms with Crippen molar-refractivity contribution in [1.29, 1.82) is 0 Å². The van der Waals surface area contributed by atoms with Crippen molar-refractivity contribution < 1.29 is 14.3 Å². The first-order valence-electron chi connectivity index (χ1n) is 8.71. The molecule has 1 aromatic rings. The summed E-state index contributed by atoms with van der Waals surface area (Å²) in [5, 5.41) is 0. The van der Waals surface area contributed by atoms with Crippen molar-refractivity contribution in [2.75, 3.05) is 6.54 Å². The van der Waals surface area contributed by atoms with Crippen LogP contribution in [-0.4, -0.2) is 35.3 Å². The number of nitrogens with zero attached hydrogens (tertiary/aromatic N) is 1. The molecule has 0 aliphatic carbocycles. The fourth-order valence-electron chi connectivity index (χ4n) is 2.85. The molecular formula is C20H29NO3. The highest BCUT2D eigenvalue weighted by atomic mass is 16.6. The summed E-state index contributed by atoms with van der Waals surface area (Å²) < 4.78 is 11.7. The molecule has 0 N–H and O–H groups in total. The molecule has 1 aliphatic rings. The van der Waals surface area contributed by atoms with Crippen LogP contribution >= 0.6 is 0 Å². The molecule has 4 nitrogen and oxygen atoms in total. The maximum Gasteiger partial charge on any atom is 0.410 e. The smallest absolute Gasteiger partial charge is 0.410 e. The van der Waals surface area contributed by atoms with Gasteiger partial charge in [-0.1, -0.05) is 49.4 Å². The molecular weight excluding hydrogens is 302 g/mol. The Morgan fingerprint density at radius 3 is 2.58 bits per heavy atom. The van der Waals surface area contributed by atoms with Crippen molar-refractivity contribution in [1.82, 2.24) is 4.90 Å². The number of amides is 1. The van der Waals surface area contributed by atoms with Gasteiger partial charge in [-0.05, 0) is 39.2 Å². The molecule has 0 unspecified atom stereocenters. The normalized spacial score (nSPS) is 19.2. The average molecular weight is 331 g/mol. The molecule has 0 aromatic heterocycles. The van der Waals surface area contributed by atoms with E-state index in [4.69, 9.17) is 9.47 Å². The van der Waals surface area contributed by atoms with Crippen LogP contribution in [0.5, 0.6) is 0 Å². The van der Waals surface area contributed by atoms with Gasteiger partial charge in [0, 0.05) is 6.54 Å². The second-order valence-electron chi connectivity index (χ2n) is 7.15. The average Bonchev–Trinajstić information content (AvgIpc) is 2.55. The topological polar surface area (TPSA) is 38.8 Å². The van der Waals surface area contributed by atoms with Gasteiger partial charge in [-0.15, -0.1) is 0 Å². The van der Waals surface area contributed by atoms with Gasteiger partial charge in [0.25, 0.3) is 0 Å². The predicted octanol–water partition coefficient (Wildman–Crippen LogP) is 4.55. The van der Waals surface area contributed by atoms with E-state index in [9.17, 15) is 4.79 Å². The highest BCUT2D eigenvalue weighted by Crippen LogP contribution is 2.23. The van der Waals surface area contributed by atoms with Gasteiger partial charge in [0.15, 0.2) is 0 Å². The van der Waals surface area contributed by atoms with E-state index in [1.54, 1.807) is 4.90 Å². The number of hydrogen-bond donors (Lipinski definition) is 0. The first-order valence-corrected chi connectivity index (χ1v) is 8.71. The minimum Gasteiger partial charge on any atom is -0.444 e. The lowest BCUT2D eigenvalue weighted by atomic mass is 10.00. The van der Waals surface area contributed by atoms with Gasteiger partial charge in [-0.2, -0.15) is 0 Å². The second-order valence-corrected chi connectivity index (χ2v) is 7.15. The molecule has 1 amide bonds. The predicted molar refractivity (Wildman–Crippen MR) is 95.8 cm³/mol. The van der Waals surface area contributed by atoms with E-state index < -0.39 is 5.60 Å². The number of carbonyl (C=O) groups is 1. The number of rotatable bonds is 5. The molecule has 0 radical (unpaired) electrons. The van der Waals surface area contributed by atoms with Gasteiger partial charge in [-0.3, -0.25) is 4.90 Å². The second kappa shape index (κ2) is 8.34. The van der Waals surface area contributed by atoms with Gasteiger partial charge in [0.2, 0.25) is 0 Å². The van der Waals surface area contributed by atoms with Crippen LogP contribution in [0, 0.1) is 0 Å². The summed E-state index contributed by atoms with van der Waals surface area (Å²) in [7, 11) is 0. The van der Waals surface area contributed by atoms with Crippen molar-refractivity contribution in [3.8, 4) is 0 Å². The Bertz CT molecular complexity index is 548. The summed E-state index contributed by atoms with van der Waals surface area (Å²) in [6.45, 7) is 8.91. The first-order chi connectivity index (χ1) is 11.4. The monoisotopic (exact) mass is 331 g/mol. The quantitative estimate of drug-likeness (QED) is 0.743. The van der Waals surface area contributed by atoms with Crippen molar-refractivity contribution in [3.05, 3.63) is 48.0 Å². The Labute approximate surface area is 145 Å². The molecule has 24 heavy (non-hydrogen) atoms. The van der Waals surface area contributed by atoms with Crippen molar-refractivity contribution in [2.45, 2.75) is 64.9 Å². The van der Waals surface area contributed by atoms with Crippen LogP contribution in [0.2, 0.25) is 0 Å². The van der Waals surface area contributed by atoms with Crippen LogP contribution in [0.1, 0.15) is 46.1 Å². The third-order valence-corrected chi connectivity index (χ3v) is 4.01. The Balaban J connectivity index is 2.03. The zero-order valence-electron chi connectivity index (χ0n) is 15.2. The zero-order valence-corrected chi connectivity index (χ0v) is 15.2. The minimum absolute atomic E-state index is 0.0114. The lowest BCUT2D eigenvalue weighted by Crippen LogP contribution is -2.50. The summed E-state index contributed by atoms with van der Waals surface area (Å²) in [6, 6.07) is 10.1. The molecule has 2 rings (SSSR count). The van der Waals surface area contributed by atoms with E-state index in [0.717, 1.165) is 18.4 Å². The molecule has 4 heteroatoms. The van der Waals surface area contributed by atoms with E-state index >= 15 is 0 Å². The molecule has 132 valence electrons. The SMILES string of the molecule is CC[C@H](OCc1ccccc1)[C@@H]1CC=CCN1C(=O)OC(C)(C)C. The highest BCUT2D eigenvalue weighted by Gasteiger charge is 2.33. The van der Waals surface area contributed by atoms with Crippen molar-refractivity contribution in [3.63, 3.8) is 0 Å². The molecule has 0 spiro atoms. The van der Waals surface area contributed by atoms with Crippen LogP contribution in [0.4, 0.5) is 4.79 Å². The molecule has 0 bridgehead atoms. The van der Waals surface area contributed by atoms with Crippen molar-refractivity contribution >= 4 is 6.09 Å². The van der Waals surface area contributed by atoms with Crippen LogP contribution in [0.25, 0.3) is 0 Å². The lowest BCUT2D eigenvalue weighted by Gasteiger charge is -2.38. The van der Waals surface area contributed by atoms with Gasteiger partial charge in [-0.25, -0.2) is 4.79 Å². The largest absolute Gasteiger partial charge is 0.444 e. The van der Waals surface area contributed by atoms with E-state index in [0.29, 0.717) is 13.2 Å². The van der Waals surface area contributed by atoms with Gasteiger partial charge in [0.1, 0.15) is 5.60 Å². The first kappa shape index (κ1) is 18.5. The lowest BCUT2D eigenvalue weighted by molar-refractivity contribution is -0.0371. The fraction of sp³-hybridized carbons (Fsp3) is 0.550. The number of ether oxygens (including phenoxy) is 2. The molecule has 1 heterocycles. The van der Waals surface area contributed by atoms with E-state index in [2.05, 4.69) is 25.1 Å². The molecule has 0 fully saturated rings. The molecule has 1 aromatic carbocycles.